The van der Waals surface area contributed by atoms with Crippen LogP contribution in [0.2, 0.25) is 0 Å². The van der Waals surface area contributed by atoms with Gasteiger partial charge in [-0.1, -0.05) is 0 Å². The number of aromatic nitrogens is 1. The topological polar surface area (TPSA) is 112 Å². The zero-order valence-corrected chi connectivity index (χ0v) is 11.0. The highest BCUT2D eigenvalue weighted by Crippen LogP contribution is 2.11. The van der Waals surface area contributed by atoms with E-state index in [1.165, 1.54) is 14.1 Å². The van der Waals surface area contributed by atoms with Crippen LogP contribution in [0.1, 0.15) is 5.69 Å². The Kier molecular flexibility index (Phi) is 4.47. The van der Waals surface area contributed by atoms with Crippen LogP contribution < -0.4 is 11.1 Å². The van der Waals surface area contributed by atoms with Crippen molar-refractivity contribution in [3.05, 3.63) is 17.8 Å². The van der Waals surface area contributed by atoms with Gasteiger partial charge in [-0.2, -0.15) is 5.26 Å². The molecule has 3 N–H and O–H groups in total. The molecule has 7 nitrogen and oxygen atoms in total. The summed E-state index contributed by atoms with van der Waals surface area (Å²) in [4.78, 5) is 3.95. The maximum atomic E-state index is 11.5. The van der Waals surface area contributed by atoms with Gasteiger partial charge in [0.2, 0.25) is 10.0 Å². The molecule has 0 atom stereocenters. The lowest BCUT2D eigenvalue weighted by atomic mass is 10.3. The van der Waals surface area contributed by atoms with Gasteiger partial charge in [-0.3, -0.25) is 0 Å². The van der Waals surface area contributed by atoms with Gasteiger partial charge in [0.25, 0.3) is 0 Å². The number of nitriles is 1. The summed E-state index contributed by atoms with van der Waals surface area (Å²) >= 11 is 0. The minimum atomic E-state index is -3.24. The quantitative estimate of drug-likeness (QED) is 0.768. The average molecular weight is 269 g/mol. The van der Waals surface area contributed by atoms with Crippen molar-refractivity contribution in [3.8, 4) is 6.07 Å². The molecule has 0 bridgehead atoms. The predicted octanol–water partition coefficient (Wildman–Crippen LogP) is -0.161. The van der Waals surface area contributed by atoms with Crippen LogP contribution in [0.5, 0.6) is 0 Å². The summed E-state index contributed by atoms with van der Waals surface area (Å²) in [5.41, 5.74) is 5.94. The van der Waals surface area contributed by atoms with Crippen LogP contribution in [0.15, 0.2) is 12.1 Å². The third kappa shape index (κ3) is 3.58. The van der Waals surface area contributed by atoms with Gasteiger partial charge in [-0.25, -0.2) is 17.7 Å². The molecule has 1 aromatic rings. The summed E-state index contributed by atoms with van der Waals surface area (Å²) in [7, 11) is -0.285. The summed E-state index contributed by atoms with van der Waals surface area (Å²) in [6, 6.07) is 5.00. The molecule has 1 aromatic heterocycles. The lowest BCUT2D eigenvalue weighted by Crippen LogP contribution is -2.28. The van der Waals surface area contributed by atoms with Crippen molar-refractivity contribution in [2.45, 2.75) is 0 Å². The van der Waals surface area contributed by atoms with E-state index in [-0.39, 0.29) is 18.0 Å². The molecular formula is C10H15N5O2S. The molecule has 0 amide bonds. The number of nitrogens with zero attached hydrogens (tertiary/aromatic N) is 3. The number of pyridine rings is 1. The van der Waals surface area contributed by atoms with E-state index in [2.05, 4.69) is 10.3 Å². The van der Waals surface area contributed by atoms with Crippen molar-refractivity contribution in [3.63, 3.8) is 0 Å². The number of nitrogen functional groups attached to an aromatic ring is 1. The first-order valence-corrected chi connectivity index (χ1v) is 6.78. The highest BCUT2D eigenvalue weighted by atomic mass is 32.2. The maximum Gasteiger partial charge on any atom is 0.215 e. The van der Waals surface area contributed by atoms with Crippen LogP contribution in [0.25, 0.3) is 0 Å². The zero-order chi connectivity index (χ0) is 13.8. The summed E-state index contributed by atoms with van der Waals surface area (Å²) in [6.45, 7) is 0.211. The monoisotopic (exact) mass is 269 g/mol. The maximum absolute atomic E-state index is 11.5. The van der Waals surface area contributed by atoms with Crippen LogP contribution in [-0.4, -0.2) is 44.1 Å². The second-order valence-electron chi connectivity index (χ2n) is 3.77. The van der Waals surface area contributed by atoms with Crippen LogP contribution in [-0.2, 0) is 10.0 Å². The Morgan fingerprint density at radius 1 is 1.50 bits per heavy atom. The molecule has 0 aliphatic carbocycles. The lowest BCUT2D eigenvalue weighted by Gasteiger charge is -2.12. The molecule has 0 aromatic carbocycles. The number of nitrogens with one attached hydrogen (secondary N) is 1. The van der Waals surface area contributed by atoms with E-state index < -0.39 is 10.0 Å². The average Bonchev–Trinajstić information content (AvgIpc) is 2.31. The molecular weight excluding hydrogens is 254 g/mol. The second kappa shape index (κ2) is 5.66. The third-order valence-electron chi connectivity index (χ3n) is 2.25. The number of hydrogen-bond donors (Lipinski definition) is 2. The molecule has 0 unspecified atom stereocenters. The van der Waals surface area contributed by atoms with Crippen molar-refractivity contribution in [2.24, 2.45) is 0 Å². The fourth-order valence-corrected chi connectivity index (χ4v) is 1.87. The normalized spacial score (nSPS) is 11.2. The molecule has 0 saturated heterocycles. The molecule has 0 saturated carbocycles. The van der Waals surface area contributed by atoms with Gasteiger partial charge in [-0.15, -0.1) is 0 Å². The van der Waals surface area contributed by atoms with Gasteiger partial charge < -0.3 is 11.1 Å². The standard InChI is InChI=1S/C10H15N5O2S/c1-15(2)18(16,17)6-5-13-10-4-3-8(12)9(7-11)14-10/h3-4H,5-6,12H2,1-2H3,(H,13,14). The first kappa shape index (κ1) is 14.2. The van der Waals surface area contributed by atoms with E-state index in [1.807, 2.05) is 6.07 Å². The second-order valence-corrected chi connectivity index (χ2v) is 6.07. The van der Waals surface area contributed by atoms with Gasteiger partial charge in [0, 0.05) is 20.6 Å². The Hall–Kier alpha value is -1.85. The SMILES string of the molecule is CN(C)S(=O)(=O)CCNc1ccc(N)c(C#N)n1. The van der Waals surface area contributed by atoms with E-state index in [1.54, 1.807) is 12.1 Å². The van der Waals surface area contributed by atoms with Crippen molar-refractivity contribution in [1.82, 2.24) is 9.29 Å². The zero-order valence-electron chi connectivity index (χ0n) is 10.2. The molecule has 98 valence electrons. The van der Waals surface area contributed by atoms with E-state index in [0.29, 0.717) is 11.5 Å². The number of hydrogen-bond acceptors (Lipinski definition) is 6. The predicted molar refractivity (Wildman–Crippen MR) is 69.3 cm³/mol. The molecule has 0 aliphatic heterocycles. The fraction of sp³-hybridized carbons (Fsp3) is 0.400. The largest absolute Gasteiger partial charge is 0.396 e. The van der Waals surface area contributed by atoms with Crippen molar-refractivity contribution in [2.75, 3.05) is 37.4 Å². The van der Waals surface area contributed by atoms with Gasteiger partial charge in [0.1, 0.15) is 11.9 Å². The third-order valence-corrected chi connectivity index (χ3v) is 4.09. The van der Waals surface area contributed by atoms with Crippen LogP contribution in [0.4, 0.5) is 11.5 Å². The minimum absolute atomic E-state index is 0.0477. The number of anilines is 2. The summed E-state index contributed by atoms with van der Waals surface area (Å²) in [6.07, 6.45) is 0. The molecule has 1 heterocycles. The lowest BCUT2D eigenvalue weighted by molar-refractivity contribution is 0.521. The molecule has 8 heteroatoms. The van der Waals surface area contributed by atoms with Gasteiger partial charge in [0.15, 0.2) is 5.69 Å². The minimum Gasteiger partial charge on any atom is -0.396 e. The fourth-order valence-electron chi connectivity index (χ4n) is 1.15. The number of sulfonamides is 1. The molecule has 0 radical (unpaired) electrons. The first-order valence-electron chi connectivity index (χ1n) is 5.17. The Morgan fingerprint density at radius 3 is 2.72 bits per heavy atom. The highest BCUT2D eigenvalue weighted by Gasteiger charge is 2.12. The number of nitrogens with two attached hydrogens (primary N) is 1. The van der Waals surface area contributed by atoms with Crippen molar-refractivity contribution >= 4 is 21.5 Å². The Balaban J connectivity index is 2.63. The molecule has 0 fully saturated rings. The van der Waals surface area contributed by atoms with Crippen molar-refractivity contribution < 1.29 is 8.42 Å². The van der Waals surface area contributed by atoms with E-state index in [9.17, 15) is 8.42 Å². The molecule has 18 heavy (non-hydrogen) atoms. The van der Waals surface area contributed by atoms with E-state index >= 15 is 0 Å². The summed E-state index contributed by atoms with van der Waals surface area (Å²) < 4.78 is 24.1. The Bertz CT molecular complexity index is 562. The van der Waals surface area contributed by atoms with E-state index in [4.69, 9.17) is 11.0 Å². The highest BCUT2D eigenvalue weighted by molar-refractivity contribution is 7.89. The van der Waals surface area contributed by atoms with Gasteiger partial charge in [0.05, 0.1) is 11.4 Å². The van der Waals surface area contributed by atoms with Crippen LogP contribution >= 0.6 is 0 Å². The Labute approximate surface area is 106 Å². The summed E-state index contributed by atoms with van der Waals surface area (Å²) in [5, 5.41) is 11.6. The number of rotatable bonds is 5. The summed E-state index contributed by atoms with van der Waals surface area (Å²) in [5.74, 6) is 0.378. The van der Waals surface area contributed by atoms with Gasteiger partial charge >= 0.3 is 0 Å². The Morgan fingerprint density at radius 2 is 2.17 bits per heavy atom. The van der Waals surface area contributed by atoms with Gasteiger partial charge in [-0.05, 0) is 12.1 Å². The smallest absolute Gasteiger partial charge is 0.215 e. The first-order chi connectivity index (χ1) is 8.36. The molecule has 0 spiro atoms. The van der Waals surface area contributed by atoms with Crippen LogP contribution in [0.3, 0.4) is 0 Å². The van der Waals surface area contributed by atoms with E-state index in [0.717, 1.165) is 4.31 Å². The molecule has 1 rings (SSSR count). The van der Waals surface area contributed by atoms with Crippen LogP contribution in [0, 0.1) is 11.3 Å². The molecule has 0 aliphatic rings. The van der Waals surface area contributed by atoms with Crippen molar-refractivity contribution in [1.29, 1.82) is 5.26 Å².